The SMILES string of the molecule is COc1ccc(NC(=O)Cc2cccc(N(Cc3ccc(C)cc3)C(=O)c3ccco3)c2)cc1. The van der Waals surface area contributed by atoms with Gasteiger partial charge in [-0.2, -0.15) is 0 Å². The van der Waals surface area contributed by atoms with Gasteiger partial charge in [-0.25, -0.2) is 0 Å². The fraction of sp³-hybridized carbons (Fsp3) is 0.143. The van der Waals surface area contributed by atoms with E-state index >= 15 is 0 Å². The van der Waals surface area contributed by atoms with Crippen LogP contribution in [0.4, 0.5) is 11.4 Å². The van der Waals surface area contributed by atoms with E-state index in [1.807, 2.05) is 55.5 Å². The van der Waals surface area contributed by atoms with Crippen molar-refractivity contribution in [3.8, 4) is 5.75 Å². The van der Waals surface area contributed by atoms with Gasteiger partial charge in [0.2, 0.25) is 5.91 Å². The molecule has 0 aliphatic rings. The Balaban J connectivity index is 1.53. The summed E-state index contributed by atoms with van der Waals surface area (Å²) in [5.74, 6) is 0.588. The number of carbonyl (C=O) groups is 2. The van der Waals surface area contributed by atoms with Crippen LogP contribution in [0.1, 0.15) is 27.2 Å². The molecule has 0 aliphatic carbocycles. The van der Waals surface area contributed by atoms with Gasteiger partial charge in [-0.1, -0.05) is 42.0 Å². The lowest BCUT2D eigenvalue weighted by molar-refractivity contribution is -0.115. The van der Waals surface area contributed by atoms with Gasteiger partial charge in [0.1, 0.15) is 5.75 Å². The number of nitrogens with one attached hydrogen (secondary N) is 1. The second-order valence-electron chi connectivity index (χ2n) is 7.98. The summed E-state index contributed by atoms with van der Waals surface area (Å²) in [6.07, 6.45) is 1.66. The first-order chi connectivity index (χ1) is 16.5. The third kappa shape index (κ3) is 5.72. The molecule has 0 fully saturated rings. The van der Waals surface area contributed by atoms with Crippen LogP contribution in [0.2, 0.25) is 0 Å². The van der Waals surface area contributed by atoms with Crippen molar-refractivity contribution in [2.24, 2.45) is 0 Å². The van der Waals surface area contributed by atoms with Crippen molar-refractivity contribution in [3.05, 3.63) is 114 Å². The Bertz CT molecular complexity index is 1250. The predicted molar refractivity (Wildman–Crippen MR) is 132 cm³/mol. The van der Waals surface area contributed by atoms with Crippen molar-refractivity contribution in [2.75, 3.05) is 17.3 Å². The highest BCUT2D eigenvalue weighted by Crippen LogP contribution is 2.23. The first-order valence-electron chi connectivity index (χ1n) is 11.0. The van der Waals surface area contributed by atoms with Crippen molar-refractivity contribution in [1.29, 1.82) is 0 Å². The molecule has 4 aromatic rings. The highest BCUT2D eigenvalue weighted by molar-refractivity contribution is 6.04. The van der Waals surface area contributed by atoms with Crippen LogP contribution in [0.5, 0.6) is 5.75 Å². The van der Waals surface area contributed by atoms with E-state index in [9.17, 15) is 9.59 Å². The van der Waals surface area contributed by atoms with Crippen LogP contribution in [0.3, 0.4) is 0 Å². The Hall–Kier alpha value is -4.32. The minimum absolute atomic E-state index is 0.148. The predicted octanol–water partition coefficient (Wildman–Crippen LogP) is 5.62. The average Bonchev–Trinajstić information content (AvgIpc) is 3.39. The third-order valence-corrected chi connectivity index (χ3v) is 5.40. The lowest BCUT2D eigenvalue weighted by Gasteiger charge is -2.23. The number of benzene rings is 3. The Morgan fingerprint density at radius 2 is 1.68 bits per heavy atom. The molecule has 0 spiro atoms. The van der Waals surface area contributed by atoms with Crippen LogP contribution in [0, 0.1) is 6.92 Å². The van der Waals surface area contributed by atoms with Crippen molar-refractivity contribution in [2.45, 2.75) is 19.9 Å². The summed E-state index contributed by atoms with van der Waals surface area (Å²) in [6.45, 7) is 2.40. The molecule has 0 bridgehead atoms. The molecule has 1 heterocycles. The standard InChI is InChI=1S/C28H26N2O4/c1-20-8-10-21(11-9-20)19-30(28(32)26-7-4-16-34-26)24-6-3-5-22(17-24)18-27(31)29-23-12-14-25(33-2)15-13-23/h3-17H,18-19H2,1-2H3,(H,29,31). The quantitative estimate of drug-likeness (QED) is 0.375. The molecular formula is C28H26N2O4. The monoisotopic (exact) mass is 454 g/mol. The maximum atomic E-state index is 13.2. The maximum absolute atomic E-state index is 13.2. The number of aryl methyl sites for hydroxylation is 1. The van der Waals surface area contributed by atoms with Crippen LogP contribution in [-0.2, 0) is 17.8 Å². The van der Waals surface area contributed by atoms with E-state index in [1.165, 1.54) is 6.26 Å². The van der Waals surface area contributed by atoms with E-state index in [0.717, 1.165) is 22.4 Å². The largest absolute Gasteiger partial charge is 0.497 e. The first kappa shape index (κ1) is 22.9. The average molecular weight is 455 g/mol. The molecular weight excluding hydrogens is 428 g/mol. The van der Waals surface area contributed by atoms with Gasteiger partial charge in [0.15, 0.2) is 5.76 Å². The Labute approximate surface area is 198 Å². The summed E-state index contributed by atoms with van der Waals surface area (Å²) in [5, 5.41) is 2.89. The van der Waals surface area contributed by atoms with Crippen LogP contribution in [0.15, 0.2) is 95.6 Å². The van der Waals surface area contributed by atoms with E-state index in [2.05, 4.69) is 5.32 Å². The molecule has 0 radical (unpaired) electrons. The number of nitrogens with zero attached hydrogens (tertiary/aromatic N) is 1. The first-order valence-corrected chi connectivity index (χ1v) is 11.0. The van der Waals surface area contributed by atoms with Gasteiger partial charge < -0.3 is 19.4 Å². The van der Waals surface area contributed by atoms with Gasteiger partial charge >= 0.3 is 0 Å². The number of ether oxygens (including phenoxy) is 1. The van der Waals surface area contributed by atoms with Gasteiger partial charge in [0, 0.05) is 11.4 Å². The van der Waals surface area contributed by atoms with Crippen molar-refractivity contribution in [3.63, 3.8) is 0 Å². The van der Waals surface area contributed by atoms with Gasteiger partial charge in [-0.05, 0) is 66.6 Å². The molecule has 1 N–H and O–H groups in total. The van der Waals surface area contributed by atoms with Crippen LogP contribution < -0.4 is 15.0 Å². The minimum Gasteiger partial charge on any atom is -0.497 e. The zero-order valence-electron chi connectivity index (χ0n) is 19.2. The molecule has 34 heavy (non-hydrogen) atoms. The summed E-state index contributed by atoms with van der Waals surface area (Å²) < 4.78 is 10.5. The molecule has 0 unspecified atom stereocenters. The molecule has 6 nitrogen and oxygen atoms in total. The number of furan rings is 1. The summed E-state index contributed by atoms with van der Waals surface area (Å²) in [6, 6.07) is 26.0. The van der Waals surface area contributed by atoms with Crippen LogP contribution in [0.25, 0.3) is 0 Å². The van der Waals surface area contributed by atoms with E-state index in [1.54, 1.807) is 48.4 Å². The molecule has 3 aromatic carbocycles. The van der Waals surface area contributed by atoms with Gasteiger partial charge in [0.25, 0.3) is 5.91 Å². The Morgan fingerprint density at radius 3 is 2.35 bits per heavy atom. The molecule has 2 amide bonds. The normalized spacial score (nSPS) is 10.5. The lowest BCUT2D eigenvalue weighted by atomic mass is 10.1. The van der Waals surface area contributed by atoms with E-state index in [4.69, 9.17) is 9.15 Å². The number of hydrogen-bond acceptors (Lipinski definition) is 4. The fourth-order valence-electron chi connectivity index (χ4n) is 3.59. The molecule has 172 valence electrons. The van der Waals surface area contributed by atoms with Crippen molar-refractivity contribution < 1.29 is 18.7 Å². The van der Waals surface area contributed by atoms with Crippen LogP contribution >= 0.6 is 0 Å². The number of carbonyl (C=O) groups excluding carboxylic acids is 2. The minimum atomic E-state index is -0.245. The number of methoxy groups -OCH3 is 1. The van der Waals surface area contributed by atoms with Crippen LogP contribution in [-0.4, -0.2) is 18.9 Å². The second-order valence-corrected chi connectivity index (χ2v) is 7.98. The summed E-state index contributed by atoms with van der Waals surface area (Å²) in [4.78, 5) is 27.5. The lowest BCUT2D eigenvalue weighted by Crippen LogP contribution is -2.30. The Kier molecular flexibility index (Phi) is 7.08. The van der Waals surface area contributed by atoms with Crippen molar-refractivity contribution >= 4 is 23.2 Å². The smallest absolute Gasteiger partial charge is 0.294 e. The molecule has 0 saturated carbocycles. The van der Waals surface area contributed by atoms with E-state index in [0.29, 0.717) is 17.9 Å². The molecule has 0 aliphatic heterocycles. The molecule has 0 saturated heterocycles. The summed E-state index contributed by atoms with van der Waals surface area (Å²) >= 11 is 0. The second kappa shape index (κ2) is 10.5. The summed E-state index contributed by atoms with van der Waals surface area (Å²) in [7, 11) is 1.60. The molecule has 4 rings (SSSR count). The third-order valence-electron chi connectivity index (χ3n) is 5.40. The summed E-state index contributed by atoms with van der Waals surface area (Å²) in [5.41, 5.74) is 4.32. The van der Waals surface area contributed by atoms with E-state index in [-0.39, 0.29) is 24.0 Å². The van der Waals surface area contributed by atoms with Crippen molar-refractivity contribution in [1.82, 2.24) is 0 Å². The topological polar surface area (TPSA) is 71.8 Å². The van der Waals surface area contributed by atoms with Gasteiger partial charge in [0.05, 0.1) is 26.3 Å². The maximum Gasteiger partial charge on any atom is 0.294 e. The number of hydrogen-bond donors (Lipinski definition) is 1. The number of rotatable bonds is 8. The van der Waals surface area contributed by atoms with E-state index < -0.39 is 0 Å². The molecule has 0 atom stereocenters. The molecule has 1 aromatic heterocycles. The number of anilines is 2. The van der Waals surface area contributed by atoms with Gasteiger partial charge in [-0.3, -0.25) is 9.59 Å². The Morgan fingerprint density at radius 1 is 0.912 bits per heavy atom. The number of amides is 2. The zero-order chi connectivity index (χ0) is 23.9. The zero-order valence-corrected chi connectivity index (χ0v) is 19.2. The molecule has 6 heteroatoms. The highest BCUT2D eigenvalue weighted by Gasteiger charge is 2.21. The van der Waals surface area contributed by atoms with Gasteiger partial charge in [-0.15, -0.1) is 0 Å². The highest BCUT2D eigenvalue weighted by atomic mass is 16.5. The fourth-order valence-corrected chi connectivity index (χ4v) is 3.59.